The summed E-state index contributed by atoms with van der Waals surface area (Å²) in [7, 11) is 0. The first-order chi connectivity index (χ1) is 8.85. The van der Waals surface area contributed by atoms with Crippen LogP contribution in [0.25, 0.3) is 10.9 Å². The Balaban J connectivity index is 2.22. The fraction of sp³-hybridized carbons (Fsp3) is 0.333. The number of aromatic nitrogens is 1. The summed E-state index contributed by atoms with van der Waals surface area (Å²) in [5.41, 5.74) is 2.16. The topological polar surface area (TPSA) is 51.2 Å². The van der Waals surface area contributed by atoms with E-state index in [1.54, 1.807) is 6.20 Å². The Morgan fingerprint density at radius 2 is 2.05 bits per heavy atom. The number of fused-ring (bicyclic) bond motifs is 1. The number of hydrogen-bond donors (Lipinski definition) is 1. The van der Waals surface area contributed by atoms with Crippen molar-refractivity contribution in [2.45, 2.75) is 33.3 Å². The van der Waals surface area contributed by atoms with Crippen LogP contribution in [0.4, 0.5) is 10.5 Å². The molecule has 100 valence electrons. The summed E-state index contributed by atoms with van der Waals surface area (Å²) < 4.78 is 5.21. The number of nitrogens with one attached hydrogen (secondary N) is 1. The SMILES string of the molecule is Cc1cccc2ncc(NC(=O)OC(C)(C)C)cc12. The van der Waals surface area contributed by atoms with Gasteiger partial charge in [-0.3, -0.25) is 10.3 Å². The Labute approximate surface area is 112 Å². The lowest BCUT2D eigenvalue weighted by Gasteiger charge is -2.19. The summed E-state index contributed by atoms with van der Waals surface area (Å²) in [6, 6.07) is 7.83. The fourth-order valence-electron chi connectivity index (χ4n) is 1.79. The molecule has 1 N–H and O–H groups in total. The monoisotopic (exact) mass is 258 g/mol. The van der Waals surface area contributed by atoms with Crippen LogP contribution in [0.1, 0.15) is 26.3 Å². The average molecular weight is 258 g/mol. The highest BCUT2D eigenvalue weighted by Gasteiger charge is 2.16. The fourth-order valence-corrected chi connectivity index (χ4v) is 1.79. The van der Waals surface area contributed by atoms with E-state index in [1.807, 2.05) is 52.0 Å². The van der Waals surface area contributed by atoms with Gasteiger partial charge in [-0.1, -0.05) is 12.1 Å². The minimum absolute atomic E-state index is 0.470. The van der Waals surface area contributed by atoms with Crippen LogP contribution in [-0.2, 0) is 4.74 Å². The Bertz CT molecular complexity index is 615. The van der Waals surface area contributed by atoms with Gasteiger partial charge in [0.1, 0.15) is 5.60 Å². The molecule has 1 heterocycles. The molecule has 2 rings (SSSR count). The molecule has 0 aliphatic heterocycles. The predicted molar refractivity (Wildman–Crippen MR) is 76.3 cm³/mol. The van der Waals surface area contributed by atoms with Gasteiger partial charge in [0, 0.05) is 5.39 Å². The summed E-state index contributed by atoms with van der Waals surface area (Å²) in [6.07, 6.45) is 1.16. The molecule has 0 fully saturated rings. The third-order valence-corrected chi connectivity index (χ3v) is 2.59. The number of benzene rings is 1. The second-order valence-electron chi connectivity index (χ2n) is 5.49. The van der Waals surface area contributed by atoms with Crippen LogP contribution in [-0.4, -0.2) is 16.7 Å². The number of amides is 1. The minimum Gasteiger partial charge on any atom is -0.444 e. The van der Waals surface area contributed by atoms with Crippen molar-refractivity contribution in [2.24, 2.45) is 0 Å². The molecule has 19 heavy (non-hydrogen) atoms. The lowest BCUT2D eigenvalue weighted by Crippen LogP contribution is -2.27. The Morgan fingerprint density at radius 1 is 1.32 bits per heavy atom. The van der Waals surface area contributed by atoms with E-state index in [9.17, 15) is 4.79 Å². The molecule has 4 heteroatoms. The van der Waals surface area contributed by atoms with Crippen LogP contribution < -0.4 is 5.32 Å². The molecular weight excluding hydrogens is 240 g/mol. The van der Waals surface area contributed by atoms with Gasteiger partial charge in [0.25, 0.3) is 0 Å². The predicted octanol–water partition coefficient (Wildman–Crippen LogP) is 3.89. The highest BCUT2D eigenvalue weighted by molar-refractivity contribution is 5.90. The summed E-state index contributed by atoms with van der Waals surface area (Å²) in [4.78, 5) is 16.0. The molecule has 0 radical (unpaired) electrons. The number of aryl methyl sites for hydroxylation is 1. The molecular formula is C15H18N2O2. The van der Waals surface area contributed by atoms with Crippen LogP contribution >= 0.6 is 0 Å². The molecule has 1 aromatic carbocycles. The summed E-state index contributed by atoms with van der Waals surface area (Å²) >= 11 is 0. The highest BCUT2D eigenvalue weighted by Crippen LogP contribution is 2.20. The van der Waals surface area contributed by atoms with Crippen molar-refractivity contribution in [1.29, 1.82) is 0 Å². The third kappa shape index (κ3) is 3.44. The second-order valence-corrected chi connectivity index (χ2v) is 5.49. The molecule has 4 nitrogen and oxygen atoms in total. The molecule has 0 saturated carbocycles. The van der Waals surface area contributed by atoms with Crippen LogP contribution in [0, 0.1) is 6.92 Å². The second kappa shape index (κ2) is 4.88. The smallest absolute Gasteiger partial charge is 0.412 e. The molecule has 2 aromatic rings. The third-order valence-electron chi connectivity index (χ3n) is 2.59. The molecule has 0 saturated heterocycles. The van der Waals surface area contributed by atoms with Crippen molar-refractivity contribution in [3.8, 4) is 0 Å². The number of anilines is 1. The van der Waals surface area contributed by atoms with Gasteiger partial charge in [0.2, 0.25) is 0 Å². The van der Waals surface area contributed by atoms with E-state index in [0.29, 0.717) is 5.69 Å². The van der Waals surface area contributed by atoms with Crippen molar-refractivity contribution in [1.82, 2.24) is 4.98 Å². The average Bonchev–Trinajstić information content (AvgIpc) is 2.27. The molecule has 1 amide bonds. The summed E-state index contributed by atoms with van der Waals surface area (Å²) in [5, 5.41) is 3.72. The number of carbonyl (C=O) groups excluding carboxylic acids is 1. The molecule has 0 aliphatic carbocycles. The zero-order chi connectivity index (χ0) is 14.0. The van der Waals surface area contributed by atoms with Crippen molar-refractivity contribution < 1.29 is 9.53 Å². The van der Waals surface area contributed by atoms with Crippen LogP contribution in [0.2, 0.25) is 0 Å². The van der Waals surface area contributed by atoms with Crippen LogP contribution in [0.15, 0.2) is 30.5 Å². The summed E-state index contributed by atoms with van der Waals surface area (Å²) in [6.45, 7) is 7.50. The van der Waals surface area contributed by atoms with E-state index in [2.05, 4.69) is 10.3 Å². The van der Waals surface area contributed by atoms with Gasteiger partial charge in [-0.15, -0.1) is 0 Å². The Hall–Kier alpha value is -2.10. The van der Waals surface area contributed by atoms with Gasteiger partial charge in [-0.25, -0.2) is 4.79 Å². The first kappa shape index (κ1) is 13.3. The van der Waals surface area contributed by atoms with E-state index >= 15 is 0 Å². The van der Waals surface area contributed by atoms with Crippen LogP contribution in [0.3, 0.4) is 0 Å². The number of nitrogens with zero attached hydrogens (tertiary/aromatic N) is 1. The molecule has 0 spiro atoms. The van der Waals surface area contributed by atoms with E-state index in [0.717, 1.165) is 16.5 Å². The van der Waals surface area contributed by atoms with Gasteiger partial charge >= 0.3 is 6.09 Å². The van der Waals surface area contributed by atoms with Crippen molar-refractivity contribution in [3.63, 3.8) is 0 Å². The Kier molecular flexibility index (Phi) is 3.42. The molecule has 0 atom stereocenters. The maximum Gasteiger partial charge on any atom is 0.412 e. The first-order valence-corrected chi connectivity index (χ1v) is 6.20. The molecule has 1 aromatic heterocycles. The number of carbonyl (C=O) groups is 1. The maximum absolute atomic E-state index is 11.7. The number of pyridine rings is 1. The lowest BCUT2D eigenvalue weighted by molar-refractivity contribution is 0.0636. The van der Waals surface area contributed by atoms with Crippen molar-refractivity contribution >= 4 is 22.7 Å². The normalized spacial score (nSPS) is 11.4. The summed E-state index contributed by atoms with van der Waals surface area (Å²) in [5.74, 6) is 0. The first-order valence-electron chi connectivity index (χ1n) is 6.20. The Morgan fingerprint density at radius 3 is 2.74 bits per heavy atom. The van der Waals surface area contributed by atoms with Crippen molar-refractivity contribution in [2.75, 3.05) is 5.32 Å². The van der Waals surface area contributed by atoms with Gasteiger partial charge in [-0.2, -0.15) is 0 Å². The molecule has 0 bridgehead atoms. The highest BCUT2D eigenvalue weighted by atomic mass is 16.6. The van der Waals surface area contributed by atoms with Gasteiger partial charge < -0.3 is 4.74 Å². The van der Waals surface area contributed by atoms with Gasteiger partial charge in [0.15, 0.2) is 0 Å². The molecule has 0 unspecified atom stereocenters. The van der Waals surface area contributed by atoms with Gasteiger partial charge in [0.05, 0.1) is 17.4 Å². The van der Waals surface area contributed by atoms with Crippen molar-refractivity contribution in [3.05, 3.63) is 36.0 Å². The zero-order valence-electron chi connectivity index (χ0n) is 11.7. The van der Waals surface area contributed by atoms with Gasteiger partial charge in [-0.05, 0) is 45.4 Å². The maximum atomic E-state index is 11.7. The van der Waals surface area contributed by atoms with E-state index in [4.69, 9.17) is 4.74 Å². The minimum atomic E-state index is -0.510. The van der Waals surface area contributed by atoms with E-state index in [1.165, 1.54) is 0 Å². The zero-order valence-corrected chi connectivity index (χ0v) is 11.7. The number of ether oxygens (including phenoxy) is 1. The van der Waals surface area contributed by atoms with E-state index in [-0.39, 0.29) is 0 Å². The van der Waals surface area contributed by atoms with Crippen LogP contribution in [0.5, 0.6) is 0 Å². The lowest BCUT2D eigenvalue weighted by atomic mass is 10.1. The number of hydrogen-bond acceptors (Lipinski definition) is 3. The van der Waals surface area contributed by atoms with E-state index < -0.39 is 11.7 Å². The standard InChI is InChI=1S/C15H18N2O2/c1-10-6-5-7-13-12(10)8-11(9-16-13)17-14(18)19-15(2,3)4/h5-9H,1-4H3,(H,17,18). The quantitative estimate of drug-likeness (QED) is 0.844. The number of rotatable bonds is 1. The largest absolute Gasteiger partial charge is 0.444 e. The molecule has 0 aliphatic rings.